The number of carbonyl (C=O) groups is 1. The normalized spacial score (nSPS) is 19.6. The molecular formula is C16H23N3O. The smallest absolute Gasteiger partial charge is 0.239 e. The van der Waals surface area contributed by atoms with Crippen LogP contribution in [0.1, 0.15) is 36.4 Å². The van der Waals surface area contributed by atoms with Gasteiger partial charge in [0.1, 0.15) is 6.04 Å². The number of fused-ring (bicyclic) bond motifs is 1. The van der Waals surface area contributed by atoms with Gasteiger partial charge in [0.15, 0.2) is 0 Å². The molecule has 4 nitrogen and oxygen atoms in total. The Morgan fingerprint density at radius 3 is 3.00 bits per heavy atom. The van der Waals surface area contributed by atoms with E-state index in [1.54, 1.807) is 0 Å². The van der Waals surface area contributed by atoms with Crippen molar-refractivity contribution in [3.63, 3.8) is 0 Å². The van der Waals surface area contributed by atoms with Crippen molar-refractivity contribution in [1.82, 2.24) is 5.32 Å². The molecule has 1 aromatic rings. The summed E-state index contributed by atoms with van der Waals surface area (Å²) in [6.07, 6.45) is 4.80. The molecule has 1 heterocycles. The van der Waals surface area contributed by atoms with Gasteiger partial charge >= 0.3 is 0 Å². The second-order valence-corrected chi connectivity index (χ2v) is 6.10. The van der Waals surface area contributed by atoms with Gasteiger partial charge in [-0.1, -0.05) is 12.1 Å². The number of aryl methyl sites for hydroxylation is 1. The lowest BCUT2D eigenvalue weighted by atomic mass is 9.96. The maximum Gasteiger partial charge on any atom is 0.239 e. The van der Waals surface area contributed by atoms with Crippen LogP contribution in [0.2, 0.25) is 0 Å². The summed E-state index contributed by atoms with van der Waals surface area (Å²) in [5.74, 6) is 0.454. The second-order valence-electron chi connectivity index (χ2n) is 6.10. The maximum atomic E-state index is 11.7. The van der Waals surface area contributed by atoms with Gasteiger partial charge in [0.05, 0.1) is 0 Å². The number of anilines is 1. The van der Waals surface area contributed by atoms with Gasteiger partial charge in [-0.2, -0.15) is 0 Å². The Labute approximate surface area is 120 Å². The molecule has 0 saturated heterocycles. The summed E-state index contributed by atoms with van der Waals surface area (Å²) < 4.78 is 0. The monoisotopic (exact) mass is 273 g/mol. The number of benzene rings is 1. The lowest BCUT2D eigenvalue weighted by Gasteiger charge is -2.28. The summed E-state index contributed by atoms with van der Waals surface area (Å²) in [5.41, 5.74) is 9.19. The maximum absolute atomic E-state index is 11.7. The van der Waals surface area contributed by atoms with Crippen LogP contribution in [0.15, 0.2) is 18.2 Å². The Morgan fingerprint density at radius 2 is 2.30 bits per heavy atom. The summed E-state index contributed by atoms with van der Waals surface area (Å²) in [4.78, 5) is 14.0. The molecule has 1 aliphatic carbocycles. The number of nitrogens with two attached hydrogens (primary N) is 1. The van der Waals surface area contributed by atoms with Gasteiger partial charge in [-0.05, 0) is 55.3 Å². The van der Waals surface area contributed by atoms with E-state index in [1.807, 2.05) is 6.07 Å². The van der Waals surface area contributed by atoms with Gasteiger partial charge < -0.3 is 16.0 Å². The standard InChI is InChI=1S/C16H23N3O/c1-19-8-2-3-12-9-13(6-7-14(12)19)15(16(17)20)18-10-11-4-5-11/h6-7,9,11,15,18H,2-5,8,10H2,1H3,(H2,17,20). The van der Waals surface area contributed by atoms with Crippen molar-refractivity contribution < 1.29 is 4.79 Å². The predicted molar refractivity (Wildman–Crippen MR) is 80.7 cm³/mol. The van der Waals surface area contributed by atoms with Crippen LogP contribution >= 0.6 is 0 Å². The van der Waals surface area contributed by atoms with E-state index >= 15 is 0 Å². The summed E-state index contributed by atoms with van der Waals surface area (Å²) in [7, 11) is 2.12. The number of hydrogen-bond donors (Lipinski definition) is 2. The molecule has 108 valence electrons. The molecule has 1 saturated carbocycles. The zero-order valence-corrected chi connectivity index (χ0v) is 12.1. The zero-order chi connectivity index (χ0) is 14.1. The highest BCUT2D eigenvalue weighted by atomic mass is 16.1. The molecule has 0 aromatic heterocycles. The average Bonchev–Trinajstić information content (AvgIpc) is 3.23. The minimum atomic E-state index is -0.354. The topological polar surface area (TPSA) is 58.4 Å². The van der Waals surface area contributed by atoms with Crippen LogP contribution in [0.3, 0.4) is 0 Å². The number of rotatable bonds is 5. The van der Waals surface area contributed by atoms with Crippen LogP contribution in [-0.4, -0.2) is 26.0 Å². The number of primary amides is 1. The quantitative estimate of drug-likeness (QED) is 0.856. The molecule has 0 bridgehead atoms. The van der Waals surface area contributed by atoms with Crippen molar-refractivity contribution in [1.29, 1.82) is 0 Å². The van der Waals surface area contributed by atoms with Crippen LogP contribution in [0.25, 0.3) is 0 Å². The van der Waals surface area contributed by atoms with Crippen LogP contribution < -0.4 is 16.0 Å². The van der Waals surface area contributed by atoms with Crippen LogP contribution in [0, 0.1) is 5.92 Å². The molecule has 1 aromatic carbocycles. The van der Waals surface area contributed by atoms with Gasteiger partial charge in [-0.15, -0.1) is 0 Å². The van der Waals surface area contributed by atoms with E-state index in [0.29, 0.717) is 0 Å². The number of nitrogens with zero attached hydrogens (tertiary/aromatic N) is 1. The highest BCUT2D eigenvalue weighted by Gasteiger charge is 2.25. The minimum absolute atomic E-state index is 0.283. The SMILES string of the molecule is CN1CCCc2cc(C(NCC3CC3)C(N)=O)ccc21. The van der Waals surface area contributed by atoms with E-state index in [4.69, 9.17) is 5.73 Å². The summed E-state index contributed by atoms with van der Waals surface area (Å²) in [6, 6.07) is 5.96. The molecule has 2 aliphatic rings. The molecule has 20 heavy (non-hydrogen) atoms. The van der Waals surface area contributed by atoms with Gasteiger partial charge in [0.2, 0.25) is 5.91 Å². The first-order valence-electron chi connectivity index (χ1n) is 7.52. The largest absolute Gasteiger partial charge is 0.374 e. The fraction of sp³-hybridized carbons (Fsp3) is 0.562. The van der Waals surface area contributed by atoms with Crippen molar-refractivity contribution >= 4 is 11.6 Å². The molecular weight excluding hydrogens is 250 g/mol. The Kier molecular flexibility index (Phi) is 3.66. The Bertz CT molecular complexity index is 510. The second kappa shape index (κ2) is 5.44. The first kappa shape index (κ1) is 13.4. The zero-order valence-electron chi connectivity index (χ0n) is 12.1. The minimum Gasteiger partial charge on any atom is -0.374 e. The Balaban J connectivity index is 1.81. The molecule has 1 fully saturated rings. The summed E-state index contributed by atoms with van der Waals surface area (Å²) >= 11 is 0. The van der Waals surface area contributed by atoms with Crippen molar-refractivity contribution in [2.75, 3.05) is 25.0 Å². The summed E-state index contributed by atoms with van der Waals surface area (Å²) in [5, 5.41) is 3.33. The van der Waals surface area contributed by atoms with Gasteiger partial charge in [-0.3, -0.25) is 4.79 Å². The number of hydrogen-bond acceptors (Lipinski definition) is 3. The molecule has 0 spiro atoms. The third-order valence-corrected chi connectivity index (χ3v) is 4.38. The van der Waals surface area contributed by atoms with E-state index in [9.17, 15) is 4.79 Å². The molecule has 1 unspecified atom stereocenters. The third-order valence-electron chi connectivity index (χ3n) is 4.38. The number of amides is 1. The van der Waals surface area contributed by atoms with Crippen LogP contribution in [0.4, 0.5) is 5.69 Å². The van der Waals surface area contributed by atoms with Gasteiger partial charge in [-0.25, -0.2) is 0 Å². The first-order chi connectivity index (χ1) is 9.65. The van der Waals surface area contributed by atoms with E-state index in [0.717, 1.165) is 31.0 Å². The fourth-order valence-corrected chi connectivity index (χ4v) is 2.97. The summed E-state index contributed by atoms with van der Waals surface area (Å²) in [6.45, 7) is 2.00. The predicted octanol–water partition coefficient (Wildman–Crippen LogP) is 1.59. The van der Waals surface area contributed by atoms with E-state index in [-0.39, 0.29) is 11.9 Å². The van der Waals surface area contributed by atoms with Gasteiger partial charge in [0.25, 0.3) is 0 Å². The number of carbonyl (C=O) groups excluding carboxylic acids is 1. The lowest BCUT2D eigenvalue weighted by Crippen LogP contribution is -2.35. The molecule has 1 amide bonds. The lowest BCUT2D eigenvalue weighted by molar-refractivity contribution is -0.120. The van der Waals surface area contributed by atoms with Gasteiger partial charge in [0, 0.05) is 19.3 Å². The van der Waals surface area contributed by atoms with Crippen LogP contribution in [0.5, 0.6) is 0 Å². The molecule has 1 aliphatic heterocycles. The van der Waals surface area contributed by atoms with E-state index in [2.05, 4.69) is 29.4 Å². The third kappa shape index (κ3) is 2.80. The highest BCUT2D eigenvalue weighted by molar-refractivity contribution is 5.81. The number of nitrogens with one attached hydrogen (secondary N) is 1. The van der Waals surface area contributed by atoms with E-state index in [1.165, 1.54) is 30.5 Å². The molecule has 3 rings (SSSR count). The Morgan fingerprint density at radius 1 is 1.50 bits per heavy atom. The first-order valence-corrected chi connectivity index (χ1v) is 7.52. The van der Waals surface area contributed by atoms with Crippen molar-refractivity contribution in [3.8, 4) is 0 Å². The van der Waals surface area contributed by atoms with E-state index < -0.39 is 0 Å². The average molecular weight is 273 g/mol. The van der Waals surface area contributed by atoms with Crippen molar-refractivity contribution in [2.24, 2.45) is 11.7 Å². The molecule has 0 radical (unpaired) electrons. The molecule has 1 atom stereocenters. The van der Waals surface area contributed by atoms with Crippen molar-refractivity contribution in [2.45, 2.75) is 31.7 Å². The highest BCUT2D eigenvalue weighted by Crippen LogP contribution is 2.31. The Hall–Kier alpha value is -1.55. The van der Waals surface area contributed by atoms with Crippen LogP contribution in [-0.2, 0) is 11.2 Å². The molecule has 3 N–H and O–H groups in total. The fourth-order valence-electron chi connectivity index (χ4n) is 2.97. The molecule has 4 heteroatoms. The van der Waals surface area contributed by atoms with Crippen molar-refractivity contribution in [3.05, 3.63) is 29.3 Å².